The number of halogens is 1. The van der Waals surface area contributed by atoms with E-state index in [1.807, 2.05) is 19.1 Å². The Balaban J connectivity index is 2.90. The standard InChI is InChI=1S/C14H19ClO2/c1-10-9-11(5-6-12(10)17-4)14(2,3)8-7-13(15)16/h5-6,9H,7-8H2,1-4H3. The summed E-state index contributed by atoms with van der Waals surface area (Å²) in [5.74, 6) is 0.887. The fraction of sp³-hybridized carbons (Fsp3) is 0.500. The lowest BCUT2D eigenvalue weighted by Crippen LogP contribution is -2.18. The second-order valence-corrected chi connectivity index (χ2v) is 5.34. The second-order valence-electron chi connectivity index (χ2n) is 4.92. The molecule has 3 heteroatoms. The van der Waals surface area contributed by atoms with E-state index in [2.05, 4.69) is 19.9 Å². The summed E-state index contributed by atoms with van der Waals surface area (Å²) in [7, 11) is 1.67. The zero-order chi connectivity index (χ0) is 13.1. The summed E-state index contributed by atoms with van der Waals surface area (Å²) in [6.45, 7) is 6.26. The Morgan fingerprint density at radius 1 is 1.41 bits per heavy atom. The van der Waals surface area contributed by atoms with Crippen molar-refractivity contribution >= 4 is 16.8 Å². The van der Waals surface area contributed by atoms with E-state index in [4.69, 9.17) is 16.3 Å². The molecule has 1 rings (SSSR count). The van der Waals surface area contributed by atoms with E-state index >= 15 is 0 Å². The van der Waals surface area contributed by atoms with Crippen molar-refractivity contribution in [2.75, 3.05) is 7.11 Å². The Morgan fingerprint density at radius 3 is 2.53 bits per heavy atom. The van der Waals surface area contributed by atoms with Crippen molar-refractivity contribution in [2.24, 2.45) is 0 Å². The lowest BCUT2D eigenvalue weighted by atomic mass is 9.80. The van der Waals surface area contributed by atoms with Crippen LogP contribution >= 0.6 is 11.6 Å². The van der Waals surface area contributed by atoms with Crippen molar-refractivity contribution in [1.29, 1.82) is 0 Å². The van der Waals surface area contributed by atoms with Gasteiger partial charge >= 0.3 is 0 Å². The molecule has 17 heavy (non-hydrogen) atoms. The first-order valence-corrected chi connectivity index (χ1v) is 6.08. The summed E-state index contributed by atoms with van der Waals surface area (Å²) in [5.41, 5.74) is 2.26. The summed E-state index contributed by atoms with van der Waals surface area (Å²) >= 11 is 5.39. The fourth-order valence-electron chi connectivity index (χ4n) is 1.85. The average Bonchev–Trinajstić information content (AvgIpc) is 2.26. The Kier molecular flexibility index (Phi) is 4.58. The second kappa shape index (κ2) is 5.54. The van der Waals surface area contributed by atoms with Crippen molar-refractivity contribution < 1.29 is 9.53 Å². The Morgan fingerprint density at radius 2 is 2.06 bits per heavy atom. The van der Waals surface area contributed by atoms with Gasteiger partial charge in [0.25, 0.3) is 0 Å². The van der Waals surface area contributed by atoms with Gasteiger partial charge in [0, 0.05) is 6.42 Å². The third-order valence-electron chi connectivity index (χ3n) is 3.12. The van der Waals surface area contributed by atoms with Gasteiger partial charge in [0.05, 0.1) is 7.11 Å². The maximum Gasteiger partial charge on any atom is 0.221 e. The monoisotopic (exact) mass is 254 g/mol. The zero-order valence-electron chi connectivity index (χ0n) is 10.8. The largest absolute Gasteiger partial charge is 0.496 e. The molecule has 0 unspecified atom stereocenters. The molecule has 0 aromatic heterocycles. The summed E-state index contributed by atoms with van der Waals surface area (Å²) < 4.78 is 5.24. The van der Waals surface area contributed by atoms with Gasteiger partial charge in [0.2, 0.25) is 5.24 Å². The summed E-state index contributed by atoms with van der Waals surface area (Å²) in [6, 6.07) is 6.12. The van der Waals surface area contributed by atoms with E-state index in [1.165, 1.54) is 5.56 Å². The first-order chi connectivity index (χ1) is 7.86. The fourth-order valence-corrected chi connectivity index (χ4v) is 1.95. The molecule has 0 aliphatic heterocycles. The topological polar surface area (TPSA) is 26.3 Å². The summed E-state index contributed by atoms with van der Waals surface area (Å²) in [5, 5.41) is -0.275. The van der Waals surface area contributed by atoms with Gasteiger partial charge in [-0.05, 0) is 47.6 Å². The zero-order valence-corrected chi connectivity index (χ0v) is 11.6. The molecule has 2 nitrogen and oxygen atoms in total. The SMILES string of the molecule is COc1ccc(C(C)(C)CCC(=O)Cl)cc1C. The number of ether oxygens (including phenoxy) is 1. The number of carbonyl (C=O) groups is 1. The van der Waals surface area contributed by atoms with Crippen LogP contribution in [0.5, 0.6) is 5.75 Å². The number of aryl methyl sites for hydroxylation is 1. The molecule has 0 atom stereocenters. The van der Waals surface area contributed by atoms with Crippen LogP contribution in [-0.2, 0) is 10.2 Å². The van der Waals surface area contributed by atoms with E-state index in [0.29, 0.717) is 6.42 Å². The number of rotatable bonds is 5. The minimum Gasteiger partial charge on any atom is -0.496 e. The molecule has 0 amide bonds. The van der Waals surface area contributed by atoms with Gasteiger partial charge < -0.3 is 4.74 Å². The third-order valence-corrected chi connectivity index (χ3v) is 3.31. The van der Waals surface area contributed by atoms with Crippen molar-refractivity contribution in [3.05, 3.63) is 29.3 Å². The van der Waals surface area contributed by atoms with Crippen molar-refractivity contribution in [1.82, 2.24) is 0 Å². The number of carbonyl (C=O) groups excluding carboxylic acids is 1. The van der Waals surface area contributed by atoms with Crippen LogP contribution in [0.3, 0.4) is 0 Å². The number of hydrogen-bond donors (Lipinski definition) is 0. The molecule has 0 heterocycles. The van der Waals surface area contributed by atoms with Crippen LogP contribution in [0.4, 0.5) is 0 Å². The first kappa shape index (κ1) is 14.0. The van der Waals surface area contributed by atoms with E-state index < -0.39 is 0 Å². The summed E-state index contributed by atoms with van der Waals surface area (Å²) in [6.07, 6.45) is 1.15. The smallest absolute Gasteiger partial charge is 0.221 e. The number of hydrogen-bond acceptors (Lipinski definition) is 2. The molecule has 0 bridgehead atoms. The highest BCUT2D eigenvalue weighted by molar-refractivity contribution is 6.63. The first-order valence-electron chi connectivity index (χ1n) is 5.70. The molecule has 0 aliphatic rings. The summed E-state index contributed by atoms with van der Waals surface area (Å²) in [4.78, 5) is 10.8. The van der Waals surface area contributed by atoms with Gasteiger partial charge in [0.1, 0.15) is 5.75 Å². The number of benzene rings is 1. The van der Waals surface area contributed by atoms with Crippen molar-refractivity contribution in [3.8, 4) is 5.75 Å². The highest BCUT2D eigenvalue weighted by Crippen LogP contribution is 2.31. The quantitative estimate of drug-likeness (QED) is 0.747. The molecule has 0 N–H and O–H groups in total. The van der Waals surface area contributed by atoms with Crippen molar-refractivity contribution in [3.63, 3.8) is 0 Å². The van der Waals surface area contributed by atoms with Crippen LogP contribution < -0.4 is 4.74 Å². The predicted molar refractivity (Wildman–Crippen MR) is 70.9 cm³/mol. The van der Waals surface area contributed by atoms with Gasteiger partial charge in [-0.2, -0.15) is 0 Å². The van der Waals surface area contributed by atoms with E-state index in [9.17, 15) is 4.79 Å². The highest BCUT2D eigenvalue weighted by atomic mass is 35.5. The molecule has 0 spiro atoms. The molecule has 1 aromatic carbocycles. The third kappa shape index (κ3) is 3.74. The van der Waals surface area contributed by atoms with Crippen LogP contribution in [0.25, 0.3) is 0 Å². The molecule has 0 radical (unpaired) electrons. The van der Waals surface area contributed by atoms with Crippen molar-refractivity contribution in [2.45, 2.75) is 39.0 Å². The van der Waals surface area contributed by atoms with Gasteiger partial charge in [-0.15, -0.1) is 0 Å². The highest BCUT2D eigenvalue weighted by Gasteiger charge is 2.22. The molecule has 0 saturated carbocycles. The molecule has 1 aromatic rings. The molecular weight excluding hydrogens is 236 g/mol. The Hall–Kier alpha value is -1.02. The maximum atomic E-state index is 10.8. The number of methoxy groups -OCH3 is 1. The van der Waals surface area contributed by atoms with Gasteiger partial charge in [0.15, 0.2) is 0 Å². The van der Waals surface area contributed by atoms with Crippen LogP contribution in [0.1, 0.15) is 37.8 Å². The van der Waals surface area contributed by atoms with E-state index in [0.717, 1.165) is 17.7 Å². The van der Waals surface area contributed by atoms with Crippen LogP contribution in [0.15, 0.2) is 18.2 Å². The van der Waals surface area contributed by atoms with Gasteiger partial charge in [-0.1, -0.05) is 26.0 Å². The minimum absolute atomic E-state index is 0.0540. The average molecular weight is 255 g/mol. The maximum absolute atomic E-state index is 10.8. The normalized spacial score (nSPS) is 11.4. The van der Waals surface area contributed by atoms with Crippen LogP contribution in [0, 0.1) is 6.92 Å². The Bertz CT molecular complexity index is 411. The molecule has 94 valence electrons. The van der Waals surface area contributed by atoms with Gasteiger partial charge in [-0.25, -0.2) is 0 Å². The van der Waals surface area contributed by atoms with Gasteiger partial charge in [-0.3, -0.25) is 4.79 Å². The van der Waals surface area contributed by atoms with E-state index in [-0.39, 0.29) is 10.7 Å². The Labute approximate surface area is 108 Å². The molecule has 0 aliphatic carbocycles. The minimum atomic E-state index is -0.275. The van der Waals surface area contributed by atoms with E-state index in [1.54, 1.807) is 7.11 Å². The molecular formula is C14H19ClO2. The lowest BCUT2D eigenvalue weighted by Gasteiger charge is -2.25. The van der Waals surface area contributed by atoms with Crippen LogP contribution in [0.2, 0.25) is 0 Å². The molecule has 0 saturated heterocycles. The predicted octanol–water partition coefficient (Wildman–Crippen LogP) is 3.83. The van der Waals surface area contributed by atoms with Crippen LogP contribution in [-0.4, -0.2) is 12.4 Å². The molecule has 0 fully saturated rings. The lowest BCUT2D eigenvalue weighted by molar-refractivity contribution is -0.112.